The van der Waals surface area contributed by atoms with E-state index >= 15 is 0 Å². The zero-order valence-corrected chi connectivity index (χ0v) is 14.4. The quantitative estimate of drug-likeness (QED) is 0.725. The van der Waals surface area contributed by atoms with Crippen molar-refractivity contribution in [1.82, 2.24) is 5.32 Å². The summed E-state index contributed by atoms with van der Waals surface area (Å²) in [5.41, 5.74) is 0.424. The summed E-state index contributed by atoms with van der Waals surface area (Å²) in [7, 11) is 1.80. The van der Waals surface area contributed by atoms with Crippen LogP contribution in [0.4, 0.5) is 10.1 Å². The highest BCUT2D eigenvalue weighted by molar-refractivity contribution is 5.91. The van der Waals surface area contributed by atoms with E-state index in [0.717, 1.165) is 24.2 Å². The first-order valence-electron chi connectivity index (χ1n) is 8.60. The van der Waals surface area contributed by atoms with Crippen LogP contribution in [0.1, 0.15) is 32.6 Å². The predicted molar refractivity (Wildman–Crippen MR) is 91.2 cm³/mol. The molecular weight excluding hydrogens is 309 g/mol. The van der Waals surface area contributed by atoms with Crippen LogP contribution >= 0.6 is 0 Å². The van der Waals surface area contributed by atoms with Crippen LogP contribution in [-0.4, -0.2) is 38.0 Å². The number of rotatable bonds is 6. The molecule has 0 saturated heterocycles. The van der Waals surface area contributed by atoms with E-state index in [9.17, 15) is 14.0 Å². The lowest BCUT2D eigenvalue weighted by Gasteiger charge is -2.29. The van der Waals surface area contributed by atoms with E-state index in [0.29, 0.717) is 11.6 Å². The Balaban J connectivity index is 1.74. The molecule has 0 heterocycles. The Kier molecular flexibility index (Phi) is 6.73. The van der Waals surface area contributed by atoms with E-state index in [4.69, 9.17) is 0 Å². The Morgan fingerprint density at radius 2 is 1.92 bits per heavy atom. The molecule has 2 amide bonds. The van der Waals surface area contributed by atoms with Crippen molar-refractivity contribution in [3.8, 4) is 0 Å². The van der Waals surface area contributed by atoms with Gasteiger partial charge in [-0.3, -0.25) is 9.59 Å². The Morgan fingerprint density at radius 3 is 2.62 bits per heavy atom. The van der Waals surface area contributed by atoms with Crippen LogP contribution < -0.4 is 15.5 Å². The van der Waals surface area contributed by atoms with Gasteiger partial charge in [-0.1, -0.05) is 25.8 Å². The molecule has 3 N–H and O–H groups in total. The summed E-state index contributed by atoms with van der Waals surface area (Å²) in [6.45, 7) is 2.58. The third-order valence-corrected chi connectivity index (χ3v) is 4.49. The van der Waals surface area contributed by atoms with E-state index in [1.165, 1.54) is 18.6 Å². The Morgan fingerprint density at radius 1 is 1.21 bits per heavy atom. The van der Waals surface area contributed by atoms with Crippen LogP contribution in [0.2, 0.25) is 0 Å². The highest BCUT2D eigenvalue weighted by Gasteiger charge is 2.24. The molecule has 1 aliphatic carbocycles. The molecule has 132 valence electrons. The normalized spacial score (nSPS) is 21.8. The minimum atomic E-state index is -0.394. The van der Waals surface area contributed by atoms with E-state index in [1.54, 1.807) is 19.2 Å². The molecule has 0 radical (unpaired) electrons. The number of carbonyl (C=O) groups is 2. The molecule has 24 heavy (non-hydrogen) atoms. The summed E-state index contributed by atoms with van der Waals surface area (Å²) in [6, 6.07) is 6.02. The average molecular weight is 336 g/mol. The topological polar surface area (TPSA) is 62.6 Å². The SMILES string of the molecule is C[C@@H]1CCCC[C@@H]1NC(=O)C[NH+](C)CC(=O)Nc1cccc(F)c1. The fourth-order valence-electron chi connectivity index (χ4n) is 3.17. The number of halogens is 1. The van der Waals surface area contributed by atoms with Gasteiger partial charge in [0.25, 0.3) is 11.8 Å². The molecule has 3 atom stereocenters. The number of carbonyl (C=O) groups excluding carboxylic acids is 2. The zero-order chi connectivity index (χ0) is 17.5. The maximum Gasteiger partial charge on any atom is 0.279 e. The van der Waals surface area contributed by atoms with Gasteiger partial charge >= 0.3 is 0 Å². The van der Waals surface area contributed by atoms with Gasteiger partial charge in [0, 0.05) is 11.7 Å². The third-order valence-electron chi connectivity index (χ3n) is 4.49. The second kappa shape index (κ2) is 8.78. The fraction of sp³-hybridized carbons (Fsp3) is 0.556. The second-order valence-corrected chi connectivity index (χ2v) is 6.80. The van der Waals surface area contributed by atoms with E-state index < -0.39 is 5.82 Å². The predicted octanol–water partition coefficient (Wildman–Crippen LogP) is 0.974. The number of amides is 2. The summed E-state index contributed by atoms with van der Waals surface area (Å²) < 4.78 is 13.1. The van der Waals surface area contributed by atoms with Crippen molar-refractivity contribution >= 4 is 17.5 Å². The number of hydrogen-bond donors (Lipinski definition) is 3. The number of quaternary nitrogens is 1. The van der Waals surface area contributed by atoms with Crippen LogP contribution in [0, 0.1) is 11.7 Å². The highest BCUT2D eigenvalue weighted by atomic mass is 19.1. The zero-order valence-electron chi connectivity index (χ0n) is 14.4. The molecule has 6 heteroatoms. The van der Waals surface area contributed by atoms with Gasteiger partial charge in [-0.05, 0) is 37.0 Å². The largest absolute Gasteiger partial charge is 0.348 e. The minimum absolute atomic E-state index is 0.0233. The lowest BCUT2D eigenvalue weighted by atomic mass is 9.86. The highest BCUT2D eigenvalue weighted by Crippen LogP contribution is 2.23. The molecule has 0 bridgehead atoms. The van der Waals surface area contributed by atoms with Gasteiger partial charge in [0.15, 0.2) is 13.1 Å². The summed E-state index contributed by atoms with van der Waals surface area (Å²) in [5.74, 6) is -0.143. The molecule has 1 aliphatic rings. The Labute approximate surface area is 142 Å². The number of nitrogens with one attached hydrogen (secondary N) is 3. The van der Waals surface area contributed by atoms with Gasteiger partial charge in [-0.2, -0.15) is 0 Å². The van der Waals surface area contributed by atoms with Crippen LogP contribution in [0.25, 0.3) is 0 Å². The van der Waals surface area contributed by atoms with Crippen LogP contribution in [0.3, 0.4) is 0 Å². The maximum atomic E-state index is 13.1. The van der Waals surface area contributed by atoms with Crippen LogP contribution in [0.5, 0.6) is 0 Å². The summed E-state index contributed by atoms with van der Waals surface area (Å²) in [5, 5.41) is 5.73. The molecule has 1 fully saturated rings. The fourth-order valence-corrected chi connectivity index (χ4v) is 3.17. The number of benzene rings is 1. The minimum Gasteiger partial charge on any atom is -0.348 e. The molecule has 1 unspecified atom stereocenters. The van der Waals surface area contributed by atoms with Crippen LogP contribution in [0.15, 0.2) is 24.3 Å². The number of hydrogen-bond acceptors (Lipinski definition) is 2. The van der Waals surface area contributed by atoms with Gasteiger partial charge < -0.3 is 15.5 Å². The molecule has 0 aliphatic heterocycles. The first-order chi connectivity index (χ1) is 11.4. The number of likely N-dealkylation sites (N-methyl/N-ethyl adjacent to an activating group) is 1. The molecule has 5 nitrogen and oxygen atoms in total. The summed E-state index contributed by atoms with van der Waals surface area (Å²) in [4.78, 5) is 24.9. The van der Waals surface area contributed by atoms with Gasteiger partial charge in [0.1, 0.15) is 5.82 Å². The average Bonchev–Trinajstić information content (AvgIpc) is 2.49. The summed E-state index contributed by atoms with van der Waals surface area (Å²) >= 11 is 0. The first kappa shape index (κ1) is 18.4. The molecular formula is C18H27FN3O2+. The van der Waals surface area contributed by atoms with Crippen molar-refractivity contribution in [1.29, 1.82) is 0 Å². The van der Waals surface area contributed by atoms with Gasteiger partial charge in [-0.25, -0.2) is 4.39 Å². The second-order valence-electron chi connectivity index (χ2n) is 6.80. The van der Waals surface area contributed by atoms with Gasteiger partial charge in [0.05, 0.1) is 7.05 Å². The third kappa shape index (κ3) is 5.92. The van der Waals surface area contributed by atoms with Crippen molar-refractivity contribution in [2.45, 2.75) is 38.6 Å². The number of anilines is 1. The maximum absolute atomic E-state index is 13.1. The Bertz CT molecular complexity index is 579. The van der Waals surface area contributed by atoms with Crippen molar-refractivity contribution < 1.29 is 18.9 Å². The van der Waals surface area contributed by atoms with E-state index in [2.05, 4.69) is 17.6 Å². The van der Waals surface area contributed by atoms with Gasteiger partial charge in [0.2, 0.25) is 0 Å². The standard InChI is InChI=1S/C18H26FN3O2/c1-13-6-3-4-9-16(13)21-18(24)12-22(2)11-17(23)20-15-8-5-7-14(19)10-15/h5,7-8,10,13,16H,3-4,6,9,11-12H2,1-2H3,(H,20,23)(H,21,24)/p+1/t13-,16+/m1/s1. The van der Waals surface area contributed by atoms with Gasteiger partial charge in [-0.15, -0.1) is 0 Å². The van der Waals surface area contributed by atoms with E-state index in [-0.39, 0.29) is 30.9 Å². The smallest absolute Gasteiger partial charge is 0.279 e. The first-order valence-corrected chi connectivity index (χ1v) is 8.60. The molecule has 0 spiro atoms. The van der Waals surface area contributed by atoms with Crippen LogP contribution in [-0.2, 0) is 9.59 Å². The lowest BCUT2D eigenvalue weighted by Crippen LogP contribution is -3.11. The van der Waals surface area contributed by atoms with E-state index in [1.807, 2.05) is 0 Å². The molecule has 2 rings (SSSR count). The Hall–Kier alpha value is -1.95. The molecule has 1 saturated carbocycles. The molecule has 1 aromatic rings. The van der Waals surface area contributed by atoms with Crippen molar-refractivity contribution in [2.24, 2.45) is 5.92 Å². The van der Waals surface area contributed by atoms with Crippen molar-refractivity contribution in [3.63, 3.8) is 0 Å². The van der Waals surface area contributed by atoms with Crippen molar-refractivity contribution in [3.05, 3.63) is 30.1 Å². The molecule has 1 aromatic carbocycles. The summed E-state index contributed by atoms with van der Waals surface area (Å²) in [6.07, 6.45) is 4.59. The lowest BCUT2D eigenvalue weighted by molar-refractivity contribution is -0.862. The monoisotopic (exact) mass is 336 g/mol. The van der Waals surface area contributed by atoms with Crippen molar-refractivity contribution in [2.75, 3.05) is 25.5 Å². The molecule has 0 aromatic heterocycles.